The highest BCUT2D eigenvalue weighted by Crippen LogP contribution is 2.19. The van der Waals surface area contributed by atoms with E-state index < -0.39 is 0 Å². The maximum absolute atomic E-state index is 8.86. The first-order chi connectivity index (χ1) is 6.77. The van der Waals surface area contributed by atoms with E-state index in [2.05, 4.69) is 22.0 Å². The lowest BCUT2D eigenvalue weighted by Crippen LogP contribution is -1.83. The molecule has 0 bridgehead atoms. The smallest absolute Gasteiger partial charge is 0.0956 e. The lowest BCUT2D eigenvalue weighted by atomic mass is 10.1. The highest BCUT2D eigenvalue weighted by atomic mass is 79.9. The van der Waals surface area contributed by atoms with Crippen molar-refractivity contribution in [3.63, 3.8) is 0 Å². The van der Waals surface area contributed by atoms with Gasteiger partial charge in [-0.25, -0.2) is 0 Å². The number of benzene rings is 1. The van der Waals surface area contributed by atoms with E-state index in [-0.39, 0.29) is 0 Å². The third-order valence-corrected chi connectivity index (χ3v) is 3.00. The second-order valence-electron chi connectivity index (χ2n) is 2.74. The molecule has 0 amide bonds. The van der Waals surface area contributed by atoms with Crippen LogP contribution in [0.15, 0.2) is 34.3 Å². The maximum Gasteiger partial charge on any atom is 0.0956 e. The molecule has 0 atom stereocenters. The molecule has 0 aliphatic carbocycles. The van der Waals surface area contributed by atoms with Crippen molar-refractivity contribution in [1.29, 1.82) is 5.26 Å². The Hall–Kier alpha value is -0.720. The maximum atomic E-state index is 8.86. The number of rotatable bonds is 3. The molecule has 0 aromatic heterocycles. The molecule has 0 saturated heterocycles. The van der Waals surface area contributed by atoms with E-state index in [4.69, 9.17) is 5.26 Å². The third-order valence-electron chi connectivity index (χ3n) is 1.68. The Morgan fingerprint density at radius 1 is 1.57 bits per heavy atom. The number of hydrogen-bond donors (Lipinski definition) is 0. The van der Waals surface area contributed by atoms with E-state index in [1.165, 1.54) is 0 Å². The molecule has 0 N–H and O–H groups in total. The Balaban J connectivity index is 2.96. The largest absolute Gasteiger partial charge is 0.193 e. The minimum atomic E-state index is 0.762. The molecule has 0 aliphatic rings. The van der Waals surface area contributed by atoms with Crippen molar-refractivity contribution in [2.45, 2.75) is 0 Å². The van der Waals surface area contributed by atoms with E-state index in [0.29, 0.717) is 0 Å². The van der Waals surface area contributed by atoms with Crippen LogP contribution in [0.2, 0.25) is 0 Å². The van der Waals surface area contributed by atoms with E-state index in [1.54, 1.807) is 11.8 Å². The summed E-state index contributed by atoms with van der Waals surface area (Å²) >= 11 is 5.10. The minimum Gasteiger partial charge on any atom is -0.193 e. The second kappa shape index (κ2) is 5.90. The molecule has 14 heavy (non-hydrogen) atoms. The number of nitrogens with zero attached hydrogens (tertiary/aromatic N) is 1. The van der Waals surface area contributed by atoms with Crippen LogP contribution in [-0.4, -0.2) is 12.0 Å². The van der Waals surface area contributed by atoms with Gasteiger partial charge in [-0.2, -0.15) is 17.0 Å². The van der Waals surface area contributed by atoms with Crippen LogP contribution in [0.25, 0.3) is 6.08 Å². The molecule has 3 heteroatoms. The Bertz CT molecular complexity index is 379. The summed E-state index contributed by atoms with van der Waals surface area (Å²) in [6.45, 7) is 0. The van der Waals surface area contributed by atoms with E-state index in [9.17, 15) is 0 Å². The average Bonchev–Trinajstić information content (AvgIpc) is 2.20. The first kappa shape index (κ1) is 11.4. The standard InChI is InChI=1S/C11H10BrNS/c1-14-8-9(7-13)6-10-4-2-3-5-11(10)12/h2-6H,8H2,1H3/b9-6+. The third kappa shape index (κ3) is 3.21. The average molecular weight is 268 g/mol. The van der Waals surface area contributed by atoms with Crippen LogP contribution < -0.4 is 0 Å². The highest BCUT2D eigenvalue weighted by Gasteiger charge is 1.98. The van der Waals surface area contributed by atoms with Crippen LogP contribution in [0.4, 0.5) is 0 Å². The molecule has 0 aliphatic heterocycles. The van der Waals surface area contributed by atoms with Gasteiger partial charge in [0, 0.05) is 15.8 Å². The van der Waals surface area contributed by atoms with Crippen molar-refractivity contribution in [2.24, 2.45) is 0 Å². The SMILES string of the molecule is CSC/C(C#N)=C/c1ccccc1Br. The van der Waals surface area contributed by atoms with Gasteiger partial charge in [-0.1, -0.05) is 34.1 Å². The molecular formula is C11H10BrNS. The molecule has 72 valence electrons. The van der Waals surface area contributed by atoms with Gasteiger partial charge in [-0.3, -0.25) is 0 Å². The summed E-state index contributed by atoms with van der Waals surface area (Å²) < 4.78 is 1.02. The Morgan fingerprint density at radius 2 is 2.29 bits per heavy atom. The molecule has 1 aromatic rings. The summed E-state index contributed by atoms with van der Waals surface area (Å²) in [7, 11) is 0. The summed E-state index contributed by atoms with van der Waals surface area (Å²) in [5, 5.41) is 8.86. The van der Waals surface area contributed by atoms with Gasteiger partial charge in [0.15, 0.2) is 0 Å². The van der Waals surface area contributed by atoms with Gasteiger partial charge in [0.2, 0.25) is 0 Å². The zero-order valence-corrected chi connectivity index (χ0v) is 10.2. The first-order valence-electron chi connectivity index (χ1n) is 4.12. The van der Waals surface area contributed by atoms with E-state index in [0.717, 1.165) is 21.4 Å². The molecule has 0 saturated carbocycles. The fraction of sp³-hybridized carbons (Fsp3) is 0.182. The van der Waals surface area contributed by atoms with Gasteiger partial charge in [-0.15, -0.1) is 0 Å². The van der Waals surface area contributed by atoms with Crippen molar-refractivity contribution >= 4 is 33.8 Å². The van der Waals surface area contributed by atoms with Crippen LogP contribution in [0.1, 0.15) is 5.56 Å². The summed E-state index contributed by atoms with van der Waals surface area (Å²) in [6.07, 6.45) is 3.91. The van der Waals surface area contributed by atoms with Crippen LogP contribution in [0, 0.1) is 11.3 Å². The molecule has 1 nitrogen and oxygen atoms in total. The van der Waals surface area contributed by atoms with Crippen molar-refractivity contribution in [2.75, 3.05) is 12.0 Å². The molecule has 0 heterocycles. The fourth-order valence-corrected chi connectivity index (χ4v) is 1.90. The van der Waals surface area contributed by atoms with Crippen LogP contribution >= 0.6 is 27.7 Å². The number of halogens is 1. The van der Waals surface area contributed by atoms with Crippen molar-refractivity contribution in [1.82, 2.24) is 0 Å². The summed E-state index contributed by atoms with van der Waals surface area (Å²) in [5.41, 5.74) is 1.85. The van der Waals surface area contributed by atoms with E-state index >= 15 is 0 Å². The minimum absolute atomic E-state index is 0.762. The molecular weight excluding hydrogens is 258 g/mol. The van der Waals surface area contributed by atoms with Crippen molar-refractivity contribution in [3.8, 4) is 6.07 Å². The molecule has 0 radical (unpaired) electrons. The molecule has 1 aromatic carbocycles. The predicted octanol–water partition coefficient (Wildman–Crippen LogP) is 3.72. The Labute approximate surface area is 96.9 Å². The summed E-state index contributed by atoms with van der Waals surface area (Å²) in [5.74, 6) is 0.762. The van der Waals surface area contributed by atoms with Crippen LogP contribution in [-0.2, 0) is 0 Å². The van der Waals surface area contributed by atoms with Gasteiger partial charge in [0.25, 0.3) is 0 Å². The number of nitriles is 1. The zero-order chi connectivity index (χ0) is 10.4. The Morgan fingerprint density at radius 3 is 2.86 bits per heavy atom. The molecule has 0 unspecified atom stereocenters. The summed E-state index contributed by atoms with van der Waals surface area (Å²) in [6, 6.07) is 10.1. The lowest BCUT2D eigenvalue weighted by Gasteiger charge is -1.99. The number of thioether (sulfide) groups is 1. The summed E-state index contributed by atoms with van der Waals surface area (Å²) in [4.78, 5) is 0. The van der Waals surface area contributed by atoms with Gasteiger partial charge < -0.3 is 0 Å². The highest BCUT2D eigenvalue weighted by molar-refractivity contribution is 9.10. The monoisotopic (exact) mass is 267 g/mol. The molecule has 1 rings (SSSR count). The lowest BCUT2D eigenvalue weighted by molar-refractivity contribution is 1.46. The van der Waals surface area contributed by atoms with Gasteiger partial charge in [-0.05, 0) is 24.0 Å². The van der Waals surface area contributed by atoms with Crippen molar-refractivity contribution < 1.29 is 0 Å². The normalized spacial score (nSPS) is 11.1. The van der Waals surface area contributed by atoms with Crippen molar-refractivity contribution in [3.05, 3.63) is 39.9 Å². The first-order valence-corrected chi connectivity index (χ1v) is 6.30. The Kier molecular flexibility index (Phi) is 4.78. The zero-order valence-electron chi connectivity index (χ0n) is 7.83. The second-order valence-corrected chi connectivity index (χ2v) is 4.46. The number of hydrogen-bond acceptors (Lipinski definition) is 2. The van der Waals surface area contributed by atoms with Crippen LogP contribution in [0.5, 0.6) is 0 Å². The predicted molar refractivity (Wildman–Crippen MR) is 66.1 cm³/mol. The van der Waals surface area contributed by atoms with Gasteiger partial charge >= 0.3 is 0 Å². The van der Waals surface area contributed by atoms with Gasteiger partial charge in [0.05, 0.1) is 6.07 Å². The van der Waals surface area contributed by atoms with Gasteiger partial charge in [0.1, 0.15) is 0 Å². The molecule has 0 spiro atoms. The van der Waals surface area contributed by atoms with E-state index in [1.807, 2.05) is 36.6 Å². The molecule has 0 fully saturated rings. The quantitative estimate of drug-likeness (QED) is 0.780. The topological polar surface area (TPSA) is 23.8 Å². The van der Waals surface area contributed by atoms with Crippen LogP contribution in [0.3, 0.4) is 0 Å². The fourth-order valence-electron chi connectivity index (χ4n) is 1.04.